The van der Waals surface area contributed by atoms with Crippen LogP contribution in [0.25, 0.3) is 22.1 Å². The van der Waals surface area contributed by atoms with Crippen LogP contribution in [0.5, 0.6) is 0 Å². The minimum Gasteiger partial charge on any atom is -0.382 e. The Bertz CT molecular complexity index is 899. The smallest absolute Gasteiger partial charge is 0.152 e. The van der Waals surface area contributed by atoms with Crippen LogP contribution < -0.4 is 11.2 Å². The van der Waals surface area contributed by atoms with E-state index >= 15 is 0 Å². The number of allylic oxidation sites excluding steroid dienone is 1. The molecule has 24 heavy (non-hydrogen) atoms. The SMILES string of the molecule is C=C(C)NOCc1nc2c(N)nc3cccnc3c2n1CC(C)C. The number of rotatable bonds is 6. The lowest BCUT2D eigenvalue weighted by molar-refractivity contribution is 0.0436. The summed E-state index contributed by atoms with van der Waals surface area (Å²) < 4.78 is 2.12. The summed E-state index contributed by atoms with van der Waals surface area (Å²) in [4.78, 5) is 19.0. The summed E-state index contributed by atoms with van der Waals surface area (Å²) >= 11 is 0. The minimum absolute atomic E-state index is 0.294. The largest absolute Gasteiger partial charge is 0.382 e. The fourth-order valence-electron chi connectivity index (χ4n) is 2.67. The molecular weight excluding hydrogens is 304 g/mol. The molecule has 3 aromatic rings. The van der Waals surface area contributed by atoms with Gasteiger partial charge in [-0.05, 0) is 25.0 Å². The van der Waals surface area contributed by atoms with Crippen molar-refractivity contribution in [2.45, 2.75) is 33.9 Å². The van der Waals surface area contributed by atoms with Gasteiger partial charge in [0.15, 0.2) is 5.82 Å². The highest BCUT2D eigenvalue weighted by molar-refractivity contribution is 6.04. The normalized spacial score (nSPS) is 11.5. The van der Waals surface area contributed by atoms with E-state index in [0.29, 0.717) is 23.9 Å². The summed E-state index contributed by atoms with van der Waals surface area (Å²) in [7, 11) is 0. The van der Waals surface area contributed by atoms with Crippen LogP contribution in [0, 0.1) is 5.92 Å². The van der Waals surface area contributed by atoms with Crippen molar-refractivity contribution < 1.29 is 4.84 Å². The number of pyridine rings is 2. The number of nitrogens with zero attached hydrogens (tertiary/aromatic N) is 4. The quantitative estimate of drug-likeness (QED) is 0.677. The Kier molecular flexibility index (Phi) is 4.35. The predicted octanol–water partition coefficient (Wildman–Crippen LogP) is 2.77. The maximum atomic E-state index is 6.13. The first kappa shape index (κ1) is 16.2. The highest BCUT2D eigenvalue weighted by atomic mass is 16.6. The molecule has 0 bridgehead atoms. The van der Waals surface area contributed by atoms with Crippen molar-refractivity contribution in [2.75, 3.05) is 5.73 Å². The second-order valence-electron chi connectivity index (χ2n) is 6.27. The molecule has 3 N–H and O–H groups in total. The van der Waals surface area contributed by atoms with Crippen molar-refractivity contribution in [2.24, 2.45) is 5.92 Å². The second kappa shape index (κ2) is 6.45. The highest BCUT2D eigenvalue weighted by Crippen LogP contribution is 2.28. The summed E-state index contributed by atoms with van der Waals surface area (Å²) in [5.74, 6) is 1.62. The van der Waals surface area contributed by atoms with Gasteiger partial charge in [0.1, 0.15) is 29.0 Å². The average molecular weight is 326 g/mol. The number of nitrogens with one attached hydrogen (secondary N) is 1. The monoisotopic (exact) mass is 326 g/mol. The molecule has 126 valence electrons. The van der Waals surface area contributed by atoms with Gasteiger partial charge in [-0.3, -0.25) is 15.3 Å². The van der Waals surface area contributed by atoms with E-state index in [1.807, 2.05) is 19.1 Å². The first-order valence-corrected chi connectivity index (χ1v) is 7.90. The second-order valence-corrected chi connectivity index (χ2v) is 6.27. The van der Waals surface area contributed by atoms with Crippen LogP contribution in [-0.4, -0.2) is 19.5 Å². The molecule has 3 rings (SSSR count). The highest BCUT2D eigenvalue weighted by Gasteiger charge is 2.18. The zero-order valence-corrected chi connectivity index (χ0v) is 14.2. The third-order valence-corrected chi connectivity index (χ3v) is 3.54. The van der Waals surface area contributed by atoms with Crippen molar-refractivity contribution in [1.29, 1.82) is 0 Å². The number of fused-ring (bicyclic) bond motifs is 3. The van der Waals surface area contributed by atoms with Gasteiger partial charge in [0.25, 0.3) is 0 Å². The fourth-order valence-corrected chi connectivity index (χ4v) is 2.67. The van der Waals surface area contributed by atoms with Crippen LogP contribution in [0.1, 0.15) is 26.6 Å². The Balaban J connectivity index is 2.18. The number of anilines is 1. The molecule has 7 heteroatoms. The number of nitrogen functional groups attached to an aromatic ring is 1. The van der Waals surface area contributed by atoms with Crippen molar-refractivity contribution in [3.05, 3.63) is 36.4 Å². The lowest BCUT2D eigenvalue weighted by atomic mass is 10.2. The molecule has 0 saturated carbocycles. The molecule has 0 aliphatic heterocycles. The van der Waals surface area contributed by atoms with Gasteiger partial charge in [-0.25, -0.2) is 9.97 Å². The van der Waals surface area contributed by atoms with Gasteiger partial charge in [-0.1, -0.05) is 20.4 Å². The van der Waals surface area contributed by atoms with Gasteiger partial charge in [0, 0.05) is 18.4 Å². The lowest BCUT2D eigenvalue weighted by Crippen LogP contribution is -2.15. The van der Waals surface area contributed by atoms with Crippen molar-refractivity contribution >= 4 is 27.9 Å². The van der Waals surface area contributed by atoms with Gasteiger partial charge in [0.2, 0.25) is 0 Å². The number of hydrogen-bond donors (Lipinski definition) is 2. The van der Waals surface area contributed by atoms with Crippen LogP contribution in [0.4, 0.5) is 5.82 Å². The van der Waals surface area contributed by atoms with Crippen molar-refractivity contribution in [3.63, 3.8) is 0 Å². The van der Waals surface area contributed by atoms with Crippen LogP contribution in [0.3, 0.4) is 0 Å². The summed E-state index contributed by atoms with van der Waals surface area (Å²) in [6.07, 6.45) is 1.76. The molecule has 0 atom stereocenters. The Morgan fingerprint density at radius 3 is 2.88 bits per heavy atom. The zero-order valence-electron chi connectivity index (χ0n) is 14.2. The van der Waals surface area contributed by atoms with Crippen LogP contribution in [-0.2, 0) is 18.0 Å². The molecule has 7 nitrogen and oxygen atoms in total. The van der Waals surface area contributed by atoms with E-state index in [-0.39, 0.29) is 0 Å². The number of imidazole rings is 1. The summed E-state index contributed by atoms with van der Waals surface area (Å²) in [5, 5.41) is 0. The number of hydroxylamine groups is 1. The molecule has 0 amide bonds. The van der Waals surface area contributed by atoms with Gasteiger partial charge < -0.3 is 10.3 Å². The zero-order chi connectivity index (χ0) is 17.3. The molecule has 0 radical (unpaired) electrons. The van der Waals surface area contributed by atoms with Gasteiger partial charge in [0.05, 0.1) is 5.52 Å². The summed E-state index contributed by atoms with van der Waals surface area (Å²) in [6, 6.07) is 3.76. The molecule has 0 saturated heterocycles. The summed E-state index contributed by atoms with van der Waals surface area (Å²) in [5.41, 5.74) is 12.7. The van der Waals surface area contributed by atoms with Crippen molar-refractivity contribution in [1.82, 2.24) is 25.0 Å². The molecule has 3 heterocycles. The maximum Gasteiger partial charge on any atom is 0.152 e. The standard InChI is InChI=1S/C17H22N6O/c1-10(2)8-23-13(9-24-22-11(3)4)21-15-16(23)14-12(20-17(15)18)6-5-7-19-14/h5-7,10,22H,3,8-9H2,1-2,4H3,(H2,18,20). The topological polar surface area (TPSA) is 90.9 Å². The van der Waals surface area contributed by atoms with Crippen LogP contribution in [0.15, 0.2) is 30.6 Å². The number of hydrogen-bond acceptors (Lipinski definition) is 6. The Morgan fingerprint density at radius 1 is 1.38 bits per heavy atom. The van der Waals surface area contributed by atoms with Gasteiger partial charge in [-0.15, -0.1) is 0 Å². The number of nitrogens with two attached hydrogens (primary N) is 1. The molecule has 0 unspecified atom stereocenters. The van der Waals surface area contributed by atoms with Gasteiger partial charge in [-0.2, -0.15) is 0 Å². The van der Waals surface area contributed by atoms with Crippen LogP contribution >= 0.6 is 0 Å². The van der Waals surface area contributed by atoms with E-state index < -0.39 is 0 Å². The minimum atomic E-state index is 0.294. The molecule has 0 aliphatic carbocycles. The van der Waals surface area contributed by atoms with Crippen molar-refractivity contribution in [3.8, 4) is 0 Å². The van der Waals surface area contributed by atoms with E-state index in [4.69, 9.17) is 10.6 Å². The third-order valence-electron chi connectivity index (χ3n) is 3.54. The Labute approximate surface area is 140 Å². The lowest BCUT2D eigenvalue weighted by Gasteiger charge is -2.13. The van der Waals surface area contributed by atoms with Crippen LogP contribution in [0.2, 0.25) is 0 Å². The number of aromatic nitrogens is 4. The summed E-state index contributed by atoms with van der Waals surface area (Å²) in [6.45, 7) is 11.0. The predicted molar refractivity (Wildman–Crippen MR) is 94.8 cm³/mol. The molecule has 0 spiro atoms. The van der Waals surface area contributed by atoms with E-state index in [2.05, 4.69) is 45.4 Å². The van der Waals surface area contributed by atoms with E-state index in [0.717, 1.165) is 34.6 Å². The first-order chi connectivity index (χ1) is 11.5. The van der Waals surface area contributed by atoms with Gasteiger partial charge >= 0.3 is 0 Å². The Hall–Kier alpha value is -2.67. The maximum absolute atomic E-state index is 6.13. The third kappa shape index (κ3) is 3.03. The molecule has 3 aromatic heterocycles. The molecular formula is C17H22N6O. The molecule has 0 fully saturated rings. The fraction of sp³-hybridized carbons (Fsp3) is 0.353. The first-order valence-electron chi connectivity index (χ1n) is 7.90. The molecule has 0 aromatic carbocycles. The van der Waals surface area contributed by atoms with E-state index in [9.17, 15) is 0 Å². The average Bonchev–Trinajstić information content (AvgIpc) is 2.86. The Morgan fingerprint density at radius 2 is 2.17 bits per heavy atom. The van der Waals surface area contributed by atoms with E-state index in [1.165, 1.54) is 0 Å². The molecule has 0 aliphatic rings. The van der Waals surface area contributed by atoms with E-state index in [1.54, 1.807) is 6.20 Å².